The van der Waals surface area contributed by atoms with E-state index in [9.17, 15) is 8.78 Å². The monoisotopic (exact) mass is 582 g/mol. The molecule has 0 aliphatic rings. The molecule has 0 unspecified atom stereocenters. The van der Waals surface area contributed by atoms with Crippen molar-refractivity contribution in [1.82, 2.24) is 19.6 Å². The first kappa shape index (κ1) is 19.3. The summed E-state index contributed by atoms with van der Waals surface area (Å²) >= 11 is 9.59. The maximum absolute atomic E-state index is 12.9. The van der Waals surface area contributed by atoms with Crippen LogP contribution in [0.5, 0.6) is 0 Å². The topological polar surface area (TPSA) is 43.1 Å². The number of benzene rings is 1. The number of thioether (sulfide) groups is 1. The van der Waals surface area contributed by atoms with E-state index >= 15 is 0 Å². The van der Waals surface area contributed by atoms with Crippen molar-refractivity contribution in [3.05, 3.63) is 61.4 Å². The van der Waals surface area contributed by atoms with E-state index in [0.717, 1.165) is 16.2 Å². The van der Waals surface area contributed by atoms with Crippen LogP contribution in [0.2, 0.25) is 5.02 Å². The van der Waals surface area contributed by atoms with Crippen LogP contribution in [0.3, 0.4) is 0 Å². The molecule has 138 valence electrons. The van der Waals surface area contributed by atoms with E-state index in [2.05, 4.69) is 49.9 Å². The van der Waals surface area contributed by atoms with Gasteiger partial charge in [-0.05, 0) is 0 Å². The van der Waals surface area contributed by atoms with Gasteiger partial charge in [0.05, 0.1) is 0 Å². The fraction of sp³-hybridized carbons (Fsp3) is 0.118. The predicted octanol–water partition coefficient (Wildman–Crippen LogP) is 5.34. The van der Waals surface area contributed by atoms with E-state index in [4.69, 9.17) is 11.6 Å². The van der Waals surface area contributed by atoms with Gasteiger partial charge >= 0.3 is 183 Å². The standard InChI is InChI=1S/C17H10ClF2IN4SSe/c18-11-6-10(26-8-9-4-2-1-3-5-9)7-25-12(11)14(21)22-15(25)17-24-23-16(27-17)13(19)20/h1-7,13H,8H2. The number of alkyl halides is 2. The number of nitrogens with zero attached hydrogens (tertiary/aromatic N) is 4. The van der Waals surface area contributed by atoms with Gasteiger partial charge in [-0.3, -0.25) is 0 Å². The summed E-state index contributed by atoms with van der Waals surface area (Å²) in [5.74, 6) is 1.32. The van der Waals surface area contributed by atoms with E-state index in [1.165, 1.54) is 5.56 Å². The van der Waals surface area contributed by atoms with Gasteiger partial charge < -0.3 is 0 Å². The average Bonchev–Trinajstić information content (AvgIpc) is 3.26. The van der Waals surface area contributed by atoms with Crippen LogP contribution in [-0.2, 0) is 5.75 Å². The summed E-state index contributed by atoms with van der Waals surface area (Å²) in [6.07, 6.45) is -0.657. The van der Waals surface area contributed by atoms with Crippen LogP contribution < -0.4 is 0 Å². The van der Waals surface area contributed by atoms with Crippen molar-refractivity contribution in [3.63, 3.8) is 0 Å². The fourth-order valence-corrected chi connectivity index (χ4v) is 6.13. The van der Waals surface area contributed by atoms with Crippen molar-refractivity contribution in [3.8, 4) is 10.4 Å². The molecule has 0 spiro atoms. The second-order valence-corrected chi connectivity index (χ2v) is 10.1. The average molecular weight is 582 g/mol. The van der Waals surface area contributed by atoms with Crippen molar-refractivity contribution < 1.29 is 8.78 Å². The Morgan fingerprint density at radius 3 is 2.70 bits per heavy atom. The van der Waals surface area contributed by atoms with Gasteiger partial charge in [-0.15, -0.1) is 0 Å². The molecule has 3 heterocycles. The third kappa shape index (κ3) is 4.07. The molecule has 27 heavy (non-hydrogen) atoms. The summed E-state index contributed by atoms with van der Waals surface area (Å²) in [5, 5.41) is 8.13. The maximum atomic E-state index is 12.9. The van der Waals surface area contributed by atoms with Crippen LogP contribution >= 0.6 is 46.0 Å². The Bertz CT molecular complexity index is 1100. The number of hydrogen-bond acceptors (Lipinski definition) is 4. The Labute approximate surface area is 182 Å². The zero-order valence-electron chi connectivity index (χ0n) is 13.4. The normalized spacial score (nSPS) is 11.6. The van der Waals surface area contributed by atoms with Gasteiger partial charge in [0, 0.05) is 0 Å². The molecule has 0 amide bonds. The first-order valence-corrected chi connectivity index (χ1v) is 11.8. The van der Waals surface area contributed by atoms with E-state index in [-0.39, 0.29) is 4.57 Å². The minimum absolute atomic E-state index is 0.176. The summed E-state index contributed by atoms with van der Waals surface area (Å²) in [6, 6.07) is 12.0. The second kappa shape index (κ2) is 8.16. The molecule has 4 aromatic rings. The molecule has 0 radical (unpaired) electrons. The van der Waals surface area contributed by atoms with Crippen LogP contribution in [0.15, 0.2) is 47.5 Å². The molecular formula is C17H10ClF2IN4SSe. The first-order chi connectivity index (χ1) is 13.0. The Morgan fingerprint density at radius 1 is 1.22 bits per heavy atom. The Kier molecular flexibility index (Phi) is 5.84. The molecule has 4 nitrogen and oxygen atoms in total. The summed E-state index contributed by atoms with van der Waals surface area (Å²) in [4.78, 5) is 5.47. The van der Waals surface area contributed by atoms with Crippen LogP contribution in [0.4, 0.5) is 8.78 Å². The quantitative estimate of drug-likeness (QED) is 0.182. The summed E-state index contributed by atoms with van der Waals surface area (Å²) in [6.45, 7) is 0. The molecule has 0 atom stereocenters. The van der Waals surface area contributed by atoms with Gasteiger partial charge in [0.1, 0.15) is 0 Å². The number of aromatic nitrogens is 4. The predicted molar refractivity (Wildman–Crippen MR) is 112 cm³/mol. The molecule has 0 saturated carbocycles. The second-order valence-electron chi connectivity index (χ2n) is 5.49. The van der Waals surface area contributed by atoms with Gasteiger partial charge in [-0.2, -0.15) is 0 Å². The molecule has 0 saturated heterocycles. The molecular weight excluding hydrogens is 572 g/mol. The van der Waals surface area contributed by atoms with Gasteiger partial charge in [0.25, 0.3) is 0 Å². The molecule has 4 rings (SSSR count). The number of halogens is 4. The van der Waals surface area contributed by atoms with Crippen LogP contribution in [0.25, 0.3) is 15.9 Å². The van der Waals surface area contributed by atoms with Gasteiger partial charge in [0.2, 0.25) is 0 Å². The Hall–Kier alpha value is -1.00. The van der Waals surface area contributed by atoms with Crippen LogP contribution in [0, 0.1) is 3.70 Å². The van der Waals surface area contributed by atoms with E-state index < -0.39 is 20.9 Å². The van der Waals surface area contributed by atoms with Gasteiger partial charge in [-0.1, -0.05) is 0 Å². The number of fused-ring (bicyclic) bond motifs is 1. The van der Waals surface area contributed by atoms with Crippen molar-refractivity contribution in [2.45, 2.75) is 17.1 Å². The molecule has 3 aromatic heterocycles. The van der Waals surface area contributed by atoms with Crippen molar-refractivity contribution >= 4 is 66.0 Å². The molecule has 0 aliphatic heterocycles. The Balaban J connectivity index is 1.73. The van der Waals surface area contributed by atoms with Crippen molar-refractivity contribution in [1.29, 1.82) is 0 Å². The number of rotatable bonds is 5. The van der Waals surface area contributed by atoms with Crippen LogP contribution in [-0.4, -0.2) is 34.1 Å². The molecule has 0 aliphatic carbocycles. The molecule has 0 N–H and O–H groups in total. The third-order valence-corrected chi connectivity index (χ3v) is 7.71. The molecule has 1 aromatic carbocycles. The van der Waals surface area contributed by atoms with E-state index in [1.807, 2.05) is 34.9 Å². The van der Waals surface area contributed by atoms with Crippen molar-refractivity contribution in [2.24, 2.45) is 0 Å². The first-order valence-electron chi connectivity index (χ1n) is 7.68. The van der Waals surface area contributed by atoms with E-state index in [1.54, 1.807) is 11.8 Å². The minimum atomic E-state index is -2.59. The van der Waals surface area contributed by atoms with Gasteiger partial charge in [0.15, 0.2) is 0 Å². The summed E-state index contributed by atoms with van der Waals surface area (Å²) < 4.78 is 28.6. The molecule has 0 fully saturated rings. The number of imidazole rings is 1. The zero-order valence-corrected chi connectivity index (χ0v) is 18.9. The van der Waals surface area contributed by atoms with E-state index in [0.29, 0.717) is 19.1 Å². The third-order valence-electron chi connectivity index (χ3n) is 3.69. The number of pyridine rings is 1. The Morgan fingerprint density at radius 2 is 2.00 bits per heavy atom. The SMILES string of the molecule is FC(F)c1nnc(-c2nc(I)c3c(Cl)cc(SCc4ccccc4)cn23)[se]1. The van der Waals surface area contributed by atoms with Crippen molar-refractivity contribution in [2.75, 3.05) is 0 Å². The zero-order chi connectivity index (χ0) is 19.0. The van der Waals surface area contributed by atoms with Gasteiger partial charge in [-0.25, -0.2) is 0 Å². The molecule has 10 heteroatoms. The number of hydrogen-bond donors (Lipinski definition) is 0. The summed E-state index contributed by atoms with van der Waals surface area (Å²) in [5.41, 5.74) is 1.96. The van der Waals surface area contributed by atoms with Crippen LogP contribution in [0.1, 0.15) is 16.6 Å². The molecule has 0 bridgehead atoms. The fourth-order valence-electron chi connectivity index (χ4n) is 2.49. The summed E-state index contributed by atoms with van der Waals surface area (Å²) in [7, 11) is 0.